The van der Waals surface area contributed by atoms with E-state index in [2.05, 4.69) is 60.2 Å². The maximum Gasteiger partial charge on any atom is 0.221 e. The molecule has 0 spiro atoms. The highest BCUT2D eigenvalue weighted by Crippen LogP contribution is 2.18. The van der Waals surface area contributed by atoms with Crippen LogP contribution in [0.1, 0.15) is 39.2 Å². The van der Waals surface area contributed by atoms with Crippen LogP contribution in [-0.4, -0.2) is 55.6 Å². The molecule has 0 radical (unpaired) electrons. The van der Waals surface area contributed by atoms with E-state index in [4.69, 9.17) is 5.73 Å². The zero-order valence-electron chi connectivity index (χ0n) is 17.7. The number of carbonyl (C=O) groups excluding carboxylic acids is 1. The van der Waals surface area contributed by atoms with E-state index in [0.29, 0.717) is 18.9 Å². The zero-order valence-corrected chi connectivity index (χ0v) is 19.4. The number of nitrogens with two attached hydrogens (primary N) is 1. The molecule has 1 heterocycles. The highest BCUT2D eigenvalue weighted by atomic mass is 35.5. The molecule has 2 rings (SSSR count). The molecule has 1 aromatic carbocycles. The van der Waals surface area contributed by atoms with Crippen LogP contribution >= 0.6 is 24.8 Å². The van der Waals surface area contributed by atoms with Crippen molar-refractivity contribution in [3.8, 4) is 0 Å². The summed E-state index contributed by atoms with van der Waals surface area (Å²) in [5, 5.41) is 3.15. The molecule has 5 nitrogen and oxygen atoms in total. The summed E-state index contributed by atoms with van der Waals surface area (Å²) < 4.78 is 0. The molecule has 0 aliphatic carbocycles. The van der Waals surface area contributed by atoms with Crippen LogP contribution in [0.2, 0.25) is 0 Å². The number of rotatable bonds is 8. The molecular formula is C21H38Cl2N4O. The van der Waals surface area contributed by atoms with Gasteiger partial charge in [0, 0.05) is 56.9 Å². The van der Waals surface area contributed by atoms with E-state index >= 15 is 0 Å². The van der Waals surface area contributed by atoms with Gasteiger partial charge in [0.15, 0.2) is 0 Å². The van der Waals surface area contributed by atoms with Gasteiger partial charge in [-0.05, 0) is 43.9 Å². The van der Waals surface area contributed by atoms with E-state index in [1.54, 1.807) is 0 Å². The average Bonchev–Trinajstić information content (AvgIpc) is 2.59. The molecule has 1 amide bonds. The number of aryl methyl sites for hydroxylation is 1. The van der Waals surface area contributed by atoms with Crippen molar-refractivity contribution >= 4 is 36.4 Å². The average molecular weight is 433 g/mol. The van der Waals surface area contributed by atoms with Gasteiger partial charge < -0.3 is 16.0 Å². The van der Waals surface area contributed by atoms with Gasteiger partial charge in [-0.15, -0.1) is 24.8 Å². The third-order valence-corrected chi connectivity index (χ3v) is 5.14. The third kappa shape index (κ3) is 8.56. The SMILES string of the molecule is Cc1cccc(N2CCN(CCC(=O)NC(C)(CN)CC(C)C)CC2)c1.Cl.Cl. The fourth-order valence-electron chi connectivity index (χ4n) is 3.80. The molecule has 1 unspecified atom stereocenters. The van der Waals surface area contributed by atoms with Crippen LogP contribution in [0.4, 0.5) is 5.69 Å². The van der Waals surface area contributed by atoms with Crippen LogP contribution in [0.15, 0.2) is 24.3 Å². The fraction of sp³-hybridized carbons (Fsp3) is 0.667. The third-order valence-electron chi connectivity index (χ3n) is 5.14. The number of nitrogens with zero attached hydrogens (tertiary/aromatic N) is 2. The Labute approximate surface area is 183 Å². The van der Waals surface area contributed by atoms with Gasteiger partial charge in [0.2, 0.25) is 5.91 Å². The second-order valence-corrected chi connectivity index (χ2v) is 8.33. The summed E-state index contributed by atoms with van der Waals surface area (Å²) in [5.74, 6) is 0.623. The molecule has 1 aliphatic heterocycles. The minimum Gasteiger partial charge on any atom is -0.369 e. The van der Waals surface area contributed by atoms with Crippen molar-refractivity contribution in [2.45, 2.75) is 46.1 Å². The zero-order chi connectivity index (χ0) is 19.2. The molecule has 162 valence electrons. The second-order valence-electron chi connectivity index (χ2n) is 8.33. The smallest absolute Gasteiger partial charge is 0.221 e. The molecule has 28 heavy (non-hydrogen) atoms. The van der Waals surface area contributed by atoms with Crippen LogP contribution < -0.4 is 16.0 Å². The first kappa shape index (κ1) is 27.0. The monoisotopic (exact) mass is 432 g/mol. The Morgan fingerprint density at radius 2 is 1.86 bits per heavy atom. The van der Waals surface area contributed by atoms with E-state index < -0.39 is 0 Å². The maximum atomic E-state index is 12.4. The van der Waals surface area contributed by atoms with Crippen LogP contribution in [0, 0.1) is 12.8 Å². The van der Waals surface area contributed by atoms with E-state index in [0.717, 1.165) is 39.1 Å². The Kier molecular flexibility index (Phi) is 12.1. The van der Waals surface area contributed by atoms with Crippen LogP contribution in [0.5, 0.6) is 0 Å². The second kappa shape index (κ2) is 12.5. The largest absolute Gasteiger partial charge is 0.369 e. The molecule has 1 atom stereocenters. The van der Waals surface area contributed by atoms with E-state index in [1.807, 2.05) is 6.92 Å². The molecule has 1 fully saturated rings. The highest BCUT2D eigenvalue weighted by molar-refractivity contribution is 5.85. The standard InChI is InChI=1S/C21H36N4O.2ClH/c1-17(2)15-21(4,16-22)23-20(26)8-9-24-10-12-25(13-11-24)19-7-5-6-18(3)14-19;;/h5-7,14,17H,8-13,15-16,22H2,1-4H3,(H,23,26);2*1H. The van der Waals surface area contributed by atoms with Gasteiger partial charge in [0.25, 0.3) is 0 Å². The number of halogens is 2. The molecule has 0 bridgehead atoms. The summed E-state index contributed by atoms with van der Waals surface area (Å²) in [6.07, 6.45) is 1.45. The summed E-state index contributed by atoms with van der Waals surface area (Å²) in [6, 6.07) is 8.67. The van der Waals surface area contributed by atoms with E-state index in [9.17, 15) is 4.79 Å². The Morgan fingerprint density at radius 1 is 1.21 bits per heavy atom. The number of benzene rings is 1. The van der Waals surface area contributed by atoms with Crippen molar-refractivity contribution in [3.63, 3.8) is 0 Å². The van der Waals surface area contributed by atoms with Crippen molar-refractivity contribution in [2.75, 3.05) is 44.2 Å². The van der Waals surface area contributed by atoms with Crippen LogP contribution in [0.3, 0.4) is 0 Å². The predicted octanol–water partition coefficient (Wildman–Crippen LogP) is 3.23. The molecule has 3 N–H and O–H groups in total. The van der Waals surface area contributed by atoms with Gasteiger partial charge in [0.05, 0.1) is 0 Å². The van der Waals surface area contributed by atoms with Crippen molar-refractivity contribution in [1.29, 1.82) is 0 Å². The minimum atomic E-state index is -0.297. The Balaban J connectivity index is 0.00000364. The van der Waals surface area contributed by atoms with Crippen LogP contribution in [-0.2, 0) is 4.79 Å². The van der Waals surface area contributed by atoms with Gasteiger partial charge in [0.1, 0.15) is 0 Å². The Morgan fingerprint density at radius 3 is 2.39 bits per heavy atom. The summed E-state index contributed by atoms with van der Waals surface area (Å²) in [6.45, 7) is 13.8. The molecule has 7 heteroatoms. The first-order valence-corrected chi connectivity index (χ1v) is 9.86. The topological polar surface area (TPSA) is 61.6 Å². The van der Waals surface area contributed by atoms with Gasteiger partial charge >= 0.3 is 0 Å². The number of hydrogen-bond acceptors (Lipinski definition) is 4. The molecule has 1 aliphatic rings. The number of piperazine rings is 1. The normalized spacial score (nSPS) is 16.7. The Hall–Kier alpha value is -1.01. The van der Waals surface area contributed by atoms with E-state index in [1.165, 1.54) is 11.3 Å². The van der Waals surface area contributed by atoms with Gasteiger partial charge in [-0.1, -0.05) is 26.0 Å². The Bertz CT molecular complexity index is 592. The quantitative estimate of drug-likeness (QED) is 0.661. The summed E-state index contributed by atoms with van der Waals surface area (Å²) in [7, 11) is 0. The van der Waals surface area contributed by atoms with Gasteiger partial charge in [-0.25, -0.2) is 0 Å². The fourth-order valence-corrected chi connectivity index (χ4v) is 3.80. The molecule has 1 aromatic rings. The lowest BCUT2D eigenvalue weighted by Crippen LogP contribution is -2.53. The van der Waals surface area contributed by atoms with Crippen molar-refractivity contribution < 1.29 is 4.79 Å². The maximum absolute atomic E-state index is 12.4. The number of carbonyl (C=O) groups is 1. The van der Waals surface area contributed by atoms with Crippen molar-refractivity contribution in [3.05, 3.63) is 29.8 Å². The lowest BCUT2D eigenvalue weighted by molar-refractivity contribution is -0.123. The number of amides is 1. The molecule has 0 aromatic heterocycles. The van der Waals surface area contributed by atoms with Gasteiger partial charge in [-0.2, -0.15) is 0 Å². The number of nitrogens with one attached hydrogen (secondary N) is 1. The number of hydrogen-bond donors (Lipinski definition) is 2. The summed E-state index contributed by atoms with van der Waals surface area (Å²) >= 11 is 0. The highest BCUT2D eigenvalue weighted by Gasteiger charge is 2.26. The summed E-state index contributed by atoms with van der Waals surface area (Å²) in [5.41, 5.74) is 8.19. The molecule has 0 saturated carbocycles. The van der Waals surface area contributed by atoms with Crippen LogP contribution in [0.25, 0.3) is 0 Å². The summed E-state index contributed by atoms with van der Waals surface area (Å²) in [4.78, 5) is 17.2. The first-order valence-electron chi connectivity index (χ1n) is 9.86. The first-order chi connectivity index (χ1) is 12.3. The van der Waals surface area contributed by atoms with E-state index in [-0.39, 0.29) is 36.3 Å². The molecular weight excluding hydrogens is 395 g/mol. The van der Waals surface area contributed by atoms with Crippen molar-refractivity contribution in [2.24, 2.45) is 11.7 Å². The predicted molar refractivity (Wildman–Crippen MR) is 124 cm³/mol. The lowest BCUT2D eigenvalue weighted by Gasteiger charge is -2.36. The van der Waals surface area contributed by atoms with Gasteiger partial charge in [-0.3, -0.25) is 9.69 Å². The lowest BCUT2D eigenvalue weighted by atomic mass is 9.90. The van der Waals surface area contributed by atoms with Crippen molar-refractivity contribution in [1.82, 2.24) is 10.2 Å². The number of anilines is 1. The minimum absolute atomic E-state index is 0. The molecule has 1 saturated heterocycles.